The summed E-state index contributed by atoms with van der Waals surface area (Å²) in [6.07, 6.45) is 4.34. The van der Waals surface area contributed by atoms with E-state index in [1.54, 1.807) is 14.2 Å². The van der Waals surface area contributed by atoms with Gasteiger partial charge in [0.25, 0.3) is 0 Å². The number of nitrogens with zero attached hydrogens (tertiary/aromatic N) is 1. The minimum absolute atomic E-state index is 0. The number of methoxy groups -OCH3 is 1. The largest absolute Gasteiger partial charge is 0.497 e. The molecular formula is C20H36IN3O3. The number of rotatable bonds is 14. The van der Waals surface area contributed by atoms with Gasteiger partial charge in [0, 0.05) is 26.7 Å². The molecular weight excluding hydrogens is 457 g/mol. The molecule has 0 aliphatic rings. The molecule has 1 aromatic carbocycles. The molecule has 0 fully saturated rings. The summed E-state index contributed by atoms with van der Waals surface area (Å²) in [4.78, 5) is 4.22. The van der Waals surface area contributed by atoms with Gasteiger partial charge < -0.3 is 24.8 Å². The summed E-state index contributed by atoms with van der Waals surface area (Å²) in [7, 11) is 3.46. The van der Waals surface area contributed by atoms with Gasteiger partial charge in [-0.2, -0.15) is 0 Å². The van der Waals surface area contributed by atoms with Crippen LogP contribution in [0.5, 0.6) is 5.75 Å². The maximum atomic E-state index is 5.53. The topological polar surface area (TPSA) is 64.1 Å². The van der Waals surface area contributed by atoms with Gasteiger partial charge in [0.15, 0.2) is 5.96 Å². The monoisotopic (exact) mass is 493 g/mol. The zero-order valence-corrected chi connectivity index (χ0v) is 19.3. The van der Waals surface area contributed by atoms with E-state index >= 15 is 0 Å². The maximum absolute atomic E-state index is 5.53. The molecule has 0 bridgehead atoms. The third-order valence-corrected chi connectivity index (χ3v) is 3.87. The number of hydrogen-bond donors (Lipinski definition) is 2. The Morgan fingerprint density at radius 1 is 0.926 bits per heavy atom. The maximum Gasteiger partial charge on any atom is 0.191 e. The highest BCUT2D eigenvalue weighted by Crippen LogP contribution is 2.12. The van der Waals surface area contributed by atoms with Crippen molar-refractivity contribution in [3.63, 3.8) is 0 Å². The van der Waals surface area contributed by atoms with Crippen LogP contribution < -0.4 is 15.4 Å². The lowest BCUT2D eigenvalue weighted by Crippen LogP contribution is -2.39. The van der Waals surface area contributed by atoms with Gasteiger partial charge >= 0.3 is 0 Å². The van der Waals surface area contributed by atoms with Crippen LogP contribution in [0.15, 0.2) is 29.3 Å². The summed E-state index contributed by atoms with van der Waals surface area (Å²) >= 11 is 0. The lowest BCUT2D eigenvalue weighted by Gasteiger charge is -2.12. The van der Waals surface area contributed by atoms with E-state index in [9.17, 15) is 0 Å². The molecule has 0 aliphatic carbocycles. The minimum Gasteiger partial charge on any atom is -0.497 e. The molecule has 0 unspecified atom stereocenters. The SMILES string of the molecule is CCCCOCCOCCNC(=NC)NCCCc1ccc(OC)cc1.I. The summed E-state index contributed by atoms with van der Waals surface area (Å²) in [5, 5.41) is 6.57. The van der Waals surface area contributed by atoms with E-state index in [2.05, 4.69) is 34.7 Å². The predicted octanol–water partition coefficient (Wildman–Crippen LogP) is 3.24. The standard InChI is InChI=1S/C20H35N3O3.HI/c1-4-5-14-25-16-17-26-15-13-23-20(21-2)22-12-6-7-18-8-10-19(24-3)11-9-18;/h8-11H,4-7,12-17H2,1-3H3,(H2,21,22,23);1H. The second kappa shape index (κ2) is 18.3. The van der Waals surface area contributed by atoms with Crippen molar-refractivity contribution in [2.45, 2.75) is 32.6 Å². The first kappa shape index (κ1) is 25.9. The lowest BCUT2D eigenvalue weighted by atomic mass is 10.1. The van der Waals surface area contributed by atoms with Gasteiger partial charge in [-0.1, -0.05) is 25.5 Å². The molecule has 6 nitrogen and oxygen atoms in total. The van der Waals surface area contributed by atoms with E-state index < -0.39 is 0 Å². The zero-order chi connectivity index (χ0) is 18.9. The van der Waals surface area contributed by atoms with Crippen molar-refractivity contribution in [3.8, 4) is 5.75 Å². The number of ether oxygens (including phenoxy) is 3. The van der Waals surface area contributed by atoms with Gasteiger partial charge in [0.05, 0.1) is 26.9 Å². The Labute approximate surface area is 181 Å². The normalized spacial score (nSPS) is 11.0. The molecule has 0 radical (unpaired) electrons. The highest BCUT2D eigenvalue weighted by molar-refractivity contribution is 14.0. The van der Waals surface area contributed by atoms with E-state index in [0.29, 0.717) is 19.8 Å². The Morgan fingerprint density at radius 3 is 2.22 bits per heavy atom. The van der Waals surface area contributed by atoms with E-state index in [4.69, 9.17) is 14.2 Å². The van der Waals surface area contributed by atoms with Crippen LogP contribution in [-0.2, 0) is 15.9 Å². The molecule has 0 atom stereocenters. The molecule has 2 N–H and O–H groups in total. The zero-order valence-electron chi connectivity index (χ0n) is 17.0. The molecule has 0 spiro atoms. The highest BCUT2D eigenvalue weighted by atomic mass is 127. The van der Waals surface area contributed by atoms with Crippen LogP contribution in [-0.4, -0.2) is 59.6 Å². The summed E-state index contributed by atoms with van der Waals surface area (Å²) in [6.45, 7) is 6.53. The Bertz CT molecular complexity index is 484. The Kier molecular flexibility index (Phi) is 17.6. The minimum atomic E-state index is 0. The second-order valence-electron chi connectivity index (χ2n) is 5.96. The summed E-state index contributed by atoms with van der Waals surface area (Å²) in [6, 6.07) is 8.21. The highest BCUT2D eigenvalue weighted by Gasteiger charge is 1.98. The van der Waals surface area contributed by atoms with Crippen molar-refractivity contribution in [2.75, 3.05) is 53.7 Å². The molecule has 0 amide bonds. The van der Waals surface area contributed by atoms with Gasteiger partial charge in [-0.25, -0.2) is 0 Å². The van der Waals surface area contributed by atoms with Crippen molar-refractivity contribution in [1.82, 2.24) is 10.6 Å². The van der Waals surface area contributed by atoms with Crippen molar-refractivity contribution in [2.24, 2.45) is 4.99 Å². The number of aliphatic imine (C=N–C) groups is 1. The molecule has 1 aromatic rings. The summed E-state index contributed by atoms with van der Waals surface area (Å²) < 4.78 is 16.2. The quantitative estimate of drug-likeness (QED) is 0.180. The number of unbranched alkanes of at least 4 members (excludes halogenated alkanes) is 1. The van der Waals surface area contributed by atoms with Gasteiger partial charge in [-0.3, -0.25) is 4.99 Å². The summed E-state index contributed by atoms with van der Waals surface area (Å²) in [5.74, 6) is 1.70. The number of hydrogen-bond acceptors (Lipinski definition) is 4. The van der Waals surface area contributed by atoms with Crippen LogP contribution in [0.2, 0.25) is 0 Å². The first-order valence-corrected chi connectivity index (χ1v) is 9.53. The lowest BCUT2D eigenvalue weighted by molar-refractivity contribution is 0.0487. The smallest absolute Gasteiger partial charge is 0.191 e. The number of nitrogens with one attached hydrogen (secondary N) is 2. The first-order chi connectivity index (χ1) is 12.8. The molecule has 0 saturated heterocycles. The van der Waals surface area contributed by atoms with Gasteiger partial charge in [0.1, 0.15) is 5.75 Å². The Balaban J connectivity index is 0.00000676. The van der Waals surface area contributed by atoms with Crippen LogP contribution in [0.1, 0.15) is 31.7 Å². The number of guanidine groups is 1. The molecule has 0 aromatic heterocycles. The van der Waals surface area contributed by atoms with Crippen LogP contribution in [0.4, 0.5) is 0 Å². The van der Waals surface area contributed by atoms with E-state index in [1.807, 2.05) is 12.1 Å². The summed E-state index contributed by atoms with van der Waals surface area (Å²) in [5.41, 5.74) is 1.31. The van der Waals surface area contributed by atoms with Crippen molar-refractivity contribution in [1.29, 1.82) is 0 Å². The van der Waals surface area contributed by atoms with Gasteiger partial charge in [-0.15, -0.1) is 24.0 Å². The van der Waals surface area contributed by atoms with Crippen molar-refractivity contribution < 1.29 is 14.2 Å². The van der Waals surface area contributed by atoms with E-state index in [1.165, 1.54) is 5.56 Å². The average Bonchev–Trinajstić information content (AvgIpc) is 2.68. The molecule has 27 heavy (non-hydrogen) atoms. The van der Waals surface area contributed by atoms with Crippen molar-refractivity contribution >= 4 is 29.9 Å². The third-order valence-electron chi connectivity index (χ3n) is 3.87. The van der Waals surface area contributed by atoms with Crippen LogP contribution >= 0.6 is 24.0 Å². The molecule has 7 heteroatoms. The first-order valence-electron chi connectivity index (χ1n) is 9.53. The molecule has 0 saturated carbocycles. The average molecular weight is 493 g/mol. The Hall–Kier alpha value is -1.06. The number of halogens is 1. The molecule has 1 rings (SSSR count). The van der Waals surface area contributed by atoms with Gasteiger partial charge in [0.2, 0.25) is 0 Å². The van der Waals surface area contributed by atoms with E-state index in [-0.39, 0.29) is 24.0 Å². The fraction of sp³-hybridized carbons (Fsp3) is 0.650. The fourth-order valence-corrected chi connectivity index (χ4v) is 2.32. The number of aryl methyl sites for hydroxylation is 1. The van der Waals surface area contributed by atoms with Gasteiger partial charge in [-0.05, 0) is 37.0 Å². The second-order valence-corrected chi connectivity index (χ2v) is 5.96. The van der Waals surface area contributed by atoms with Crippen LogP contribution in [0.25, 0.3) is 0 Å². The third kappa shape index (κ3) is 13.7. The van der Waals surface area contributed by atoms with Crippen LogP contribution in [0.3, 0.4) is 0 Å². The van der Waals surface area contributed by atoms with Crippen LogP contribution in [0, 0.1) is 0 Å². The predicted molar refractivity (Wildman–Crippen MR) is 123 cm³/mol. The fourth-order valence-electron chi connectivity index (χ4n) is 2.32. The molecule has 0 aliphatic heterocycles. The van der Waals surface area contributed by atoms with E-state index in [0.717, 1.165) is 57.1 Å². The number of benzene rings is 1. The molecule has 156 valence electrons. The van der Waals surface area contributed by atoms with Crippen molar-refractivity contribution in [3.05, 3.63) is 29.8 Å². The molecule has 0 heterocycles. The Morgan fingerprint density at radius 2 is 1.59 bits per heavy atom.